The Balaban J connectivity index is 1.54. The van der Waals surface area contributed by atoms with Gasteiger partial charge in [-0.2, -0.15) is 0 Å². The fourth-order valence-corrected chi connectivity index (χ4v) is 3.93. The van der Waals surface area contributed by atoms with Crippen molar-refractivity contribution >= 4 is 11.4 Å². The van der Waals surface area contributed by atoms with E-state index in [2.05, 4.69) is 9.80 Å². The molecular weight excluding hydrogens is 290 g/mol. The van der Waals surface area contributed by atoms with Crippen LogP contribution in [0, 0.1) is 10.1 Å². The van der Waals surface area contributed by atoms with Gasteiger partial charge in [0, 0.05) is 50.0 Å². The minimum absolute atomic E-state index is 0.168. The van der Waals surface area contributed by atoms with E-state index in [9.17, 15) is 10.1 Å². The molecule has 1 heterocycles. The Morgan fingerprint density at radius 1 is 0.870 bits per heavy atom. The zero-order valence-corrected chi connectivity index (χ0v) is 13.8. The first-order chi connectivity index (χ1) is 11.2. The highest BCUT2D eigenvalue weighted by atomic mass is 16.6. The van der Waals surface area contributed by atoms with Crippen LogP contribution in [0.3, 0.4) is 0 Å². The summed E-state index contributed by atoms with van der Waals surface area (Å²) >= 11 is 0. The molecule has 5 heteroatoms. The second-order valence-corrected chi connectivity index (χ2v) is 6.80. The average Bonchev–Trinajstić information content (AvgIpc) is 2.55. The molecule has 0 spiro atoms. The van der Waals surface area contributed by atoms with E-state index in [1.54, 1.807) is 12.1 Å². The smallest absolute Gasteiger partial charge is 0.269 e. The van der Waals surface area contributed by atoms with Gasteiger partial charge in [0.25, 0.3) is 5.69 Å². The molecule has 1 aliphatic heterocycles. The Hall–Kier alpha value is -1.62. The van der Waals surface area contributed by atoms with E-state index in [-0.39, 0.29) is 10.6 Å². The van der Waals surface area contributed by atoms with Crippen molar-refractivity contribution in [3.05, 3.63) is 34.4 Å². The minimum atomic E-state index is -0.337. The SMILES string of the molecule is O=[N+]([O-])c1ccc(N2CCN(C3CCCCCCC3)CC2)cc1. The summed E-state index contributed by atoms with van der Waals surface area (Å²) in [6, 6.07) is 7.74. The van der Waals surface area contributed by atoms with Crippen LogP contribution >= 0.6 is 0 Å². The van der Waals surface area contributed by atoms with E-state index in [4.69, 9.17) is 0 Å². The monoisotopic (exact) mass is 317 g/mol. The van der Waals surface area contributed by atoms with Gasteiger partial charge in [-0.15, -0.1) is 0 Å². The third kappa shape index (κ3) is 4.22. The molecule has 1 aliphatic carbocycles. The number of hydrogen-bond donors (Lipinski definition) is 0. The molecule has 1 saturated heterocycles. The van der Waals surface area contributed by atoms with Crippen LogP contribution in [0.5, 0.6) is 0 Å². The van der Waals surface area contributed by atoms with Gasteiger partial charge >= 0.3 is 0 Å². The van der Waals surface area contributed by atoms with Crippen molar-refractivity contribution in [1.82, 2.24) is 4.90 Å². The molecule has 3 rings (SSSR count). The largest absolute Gasteiger partial charge is 0.369 e. The number of nitrogens with zero attached hydrogens (tertiary/aromatic N) is 3. The molecule has 0 aromatic heterocycles. The van der Waals surface area contributed by atoms with E-state index in [1.807, 2.05) is 12.1 Å². The van der Waals surface area contributed by atoms with E-state index >= 15 is 0 Å². The van der Waals surface area contributed by atoms with Crippen molar-refractivity contribution in [2.45, 2.75) is 51.0 Å². The zero-order chi connectivity index (χ0) is 16.1. The first-order valence-corrected chi connectivity index (χ1v) is 8.97. The lowest BCUT2D eigenvalue weighted by atomic mass is 9.95. The van der Waals surface area contributed by atoms with E-state index in [0.29, 0.717) is 0 Å². The Morgan fingerprint density at radius 2 is 1.43 bits per heavy atom. The fourth-order valence-electron chi connectivity index (χ4n) is 3.93. The van der Waals surface area contributed by atoms with Gasteiger partial charge in [0.15, 0.2) is 0 Å². The standard InChI is InChI=1S/C18H27N3O2/c22-21(23)18-10-8-17(9-11-18)20-14-12-19(13-15-20)16-6-4-2-1-3-5-7-16/h8-11,16H,1-7,12-15H2. The van der Waals surface area contributed by atoms with Crippen molar-refractivity contribution in [3.8, 4) is 0 Å². The molecule has 1 saturated carbocycles. The van der Waals surface area contributed by atoms with Gasteiger partial charge in [-0.25, -0.2) is 0 Å². The molecule has 5 nitrogen and oxygen atoms in total. The van der Waals surface area contributed by atoms with Gasteiger partial charge < -0.3 is 4.90 Å². The first-order valence-electron chi connectivity index (χ1n) is 8.97. The predicted octanol–water partition coefficient (Wildman–Crippen LogP) is 3.83. The average molecular weight is 317 g/mol. The van der Waals surface area contributed by atoms with Crippen LogP contribution < -0.4 is 4.90 Å². The second kappa shape index (κ2) is 7.77. The topological polar surface area (TPSA) is 49.6 Å². The third-order valence-electron chi connectivity index (χ3n) is 5.33. The summed E-state index contributed by atoms with van der Waals surface area (Å²) in [6.45, 7) is 4.27. The summed E-state index contributed by atoms with van der Waals surface area (Å²) in [6.07, 6.45) is 9.70. The van der Waals surface area contributed by atoms with Gasteiger partial charge in [-0.3, -0.25) is 15.0 Å². The van der Waals surface area contributed by atoms with Crippen LogP contribution in [-0.4, -0.2) is 42.0 Å². The maximum Gasteiger partial charge on any atom is 0.269 e. The molecule has 0 bridgehead atoms. The summed E-state index contributed by atoms with van der Waals surface area (Å²) in [7, 11) is 0. The zero-order valence-electron chi connectivity index (χ0n) is 13.8. The molecule has 0 atom stereocenters. The Morgan fingerprint density at radius 3 is 2.00 bits per heavy atom. The number of piperazine rings is 1. The normalized spacial score (nSPS) is 21.7. The molecule has 0 amide bonds. The summed E-state index contributed by atoms with van der Waals surface area (Å²) in [5.41, 5.74) is 1.27. The molecule has 23 heavy (non-hydrogen) atoms. The number of nitro benzene ring substituents is 1. The quantitative estimate of drug-likeness (QED) is 0.628. The van der Waals surface area contributed by atoms with Crippen LogP contribution in [0.4, 0.5) is 11.4 Å². The highest BCUT2D eigenvalue weighted by molar-refractivity contribution is 5.51. The van der Waals surface area contributed by atoms with Crippen LogP contribution in [0.1, 0.15) is 44.9 Å². The lowest BCUT2D eigenvalue weighted by molar-refractivity contribution is -0.384. The van der Waals surface area contributed by atoms with E-state index in [1.165, 1.54) is 44.9 Å². The number of hydrogen-bond acceptors (Lipinski definition) is 4. The van der Waals surface area contributed by atoms with Gasteiger partial charge in [0.2, 0.25) is 0 Å². The van der Waals surface area contributed by atoms with Gasteiger partial charge in [0.05, 0.1) is 4.92 Å². The van der Waals surface area contributed by atoms with Crippen molar-refractivity contribution in [1.29, 1.82) is 0 Å². The van der Waals surface area contributed by atoms with E-state index < -0.39 is 0 Å². The lowest BCUT2D eigenvalue weighted by Gasteiger charge is -2.41. The van der Waals surface area contributed by atoms with Crippen LogP contribution in [0.25, 0.3) is 0 Å². The number of rotatable bonds is 3. The maximum atomic E-state index is 10.7. The van der Waals surface area contributed by atoms with Crippen LogP contribution in [-0.2, 0) is 0 Å². The highest BCUT2D eigenvalue weighted by Gasteiger charge is 2.24. The molecule has 1 aromatic carbocycles. The maximum absolute atomic E-state index is 10.7. The van der Waals surface area contributed by atoms with Gasteiger partial charge in [-0.05, 0) is 25.0 Å². The Labute approximate surface area is 138 Å². The van der Waals surface area contributed by atoms with Crippen molar-refractivity contribution < 1.29 is 4.92 Å². The van der Waals surface area contributed by atoms with Crippen LogP contribution in [0.2, 0.25) is 0 Å². The lowest BCUT2D eigenvalue weighted by Crippen LogP contribution is -2.50. The number of benzene rings is 1. The molecular formula is C18H27N3O2. The van der Waals surface area contributed by atoms with Crippen molar-refractivity contribution in [3.63, 3.8) is 0 Å². The molecule has 0 unspecified atom stereocenters. The van der Waals surface area contributed by atoms with Crippen LogP contribution in [0.15, 0.2) is 24.3 Å². The summed E-state index contributed by atoms with van der Waals surface area (Å²) in [4.78, 5) is 15.4. The summed E-state index contributed by atoms with van der Waals surface area (Å²) in [5, 5.41) is 10.7. The number of nitro groups is 1. The minimum Gasteiger partial charge on any atom is -0.369 e. The summed E-state index contributed by atoms with van der Waals surface area (Å²) < 4.78 is 0. The fraction of sp³-hybridized carbons (Fsp3) is 0.667. The molecule has 2 aliphatic rings. The molecule has 1 aromatic rings. The second-order valence-electron chi connectivity index (χ2n) is 6.80. The molecule has 2 fully saturated rings. The van der Waals surface area contributed by atoms with Gasteiger partial charge in [0.1, 0.15) is 0 Å². The molecule has 126 valence electrons. The number of anilines is 1. The number of non-ortho nitro benzene ring substituents is 1. The van der Waals surface area contributed by atoms with E-state index in [0.717, 1.165) is 37.9 Å². The van der Waals surface area contributed by atoms with Gasteiger partial charge in [-0.1, -0.05) is 32.1 Å². The van der Waals surface area contributed by atoms with Crippen molar-refractivity contribution in [2.24, 2.45) is 0 Å². The predicted molar refractivity (Wildman–Crippen MR) is 93.0 cm³/mol. The molecule has 0 N–H and O–H groups in total. The third-order valence-corrected chi connectivity index (χ3v) is 5.33. The highest BCUT2D eigenvalue weighted by Crippen LogP contribution is 2.25. The summed E-state index contributed by atoms with van der Waals surface area (Å²) in [5.74, 6) is 0. The molecule has 0 radical (unpaired) electrons. The first kappa shape index (κ1) is 16.2. The van der Waals surface area contributed by atoms with Crippen molar-refractivity contribution in [2.75, 3.05) is 31.1 Å². The Kier molecular flexibility index (Phi) is 5.49. The Bertz CT molecular complexity index is 502.